The average Bonchev–Trinajstić information content (AvgIpc) is 2.90. The van der Waals surface area contributed by atoms with Gasteiger partial charge in [-0.2, -0.15) is 0 Å². The lowest BCUT2D eigenvalue weighted by molar-refractivity contribution is -0.127. The van der Waals surface area contributed by atoms with Crippen LogP contribution >= 0.6 is 0 Å². The first kappa shape index (κ1) is 29.0. The molecule has 38 heavy (non-hydrogen) atoms. The molecule has 3 rings (SSSR count). The van der Waals surface area contributed by atoms with Crippen LogP contribution in [0.15, 0.2) is 36.4 Å². The first-order valence-corrected chi connectivity index (χ1v) is 12.7. The lowest BCUT2D eigenvalue weighted by atomic mass is 10.1. The van der Waals surface area contributed by atoms with Crippen LogP contribution < -0.4 is 19.1 Å². The third-order valence-electron chi connectivity index (χ3n) is 6.58. The van der Waals surface area contributed by atoms with Gasteiger partial charge in [0.15, 0.2) is 11.5 Å². The fraction of sp³-hybridized carbons (Fsp3) is 0.500. The lowest BCUT2D eigenvalue weighted by Crippen LogP contribution is -2.49. The summed E-state index contributed by atoms with van der Waals surface area (Å²) in [6.45, 7) is 2.69. The van der Waals surface area contributed by atoms with Crippen molar-refractivity contribution in [2.24, 2.45) is 0 Å². The summed E-state index contributed by atoms with van der Waals surface area (Å²) >= 11 is 0. The van der Waals surface area contributed by atoms with Gasteiger partial charge in [0.25, 0.3) is 5.92 Å². The molecule has 1 saturated heterocycles. The molecule has 1 fully saturated rings. The molecule has 0 unspecified atom stereocenters. The van der Waals surface area contributed by atoms with E-state index in [1.165, 1.54) is 18.9 Å². The lowest BCUT2D eigenvalue weighted by Gasteiger charge is -2.36. The van der Waals surface area contributed by atoms with Crippen LogP contribution in [0.3, 0.4) is 0 Å². The highest BCUT2D eigenvalue weighted by molar-refractivity contribution is 5.93. The number of halogens is 2. The smallest absolute Gasteiger partial charge is 0.324 e. The molecular weight excluding hydrogens is 496 g/mol. The number of nitrogens with zero attached hydrogens (tertiary/aromatic N) is 3. The van der Waals surface area contributed by atoms with E-state index in [4.69, 9.17) is 14.2 Å². The van der Waals surface area contributed by atoms with Crippen LogP contribution in [0.25, 0.3) is 0 Å². The number of carbonyl (C=O) groups excluding carboxylic acids is 2. The summed E-state index contributed by atoms with van der Waals surface area (Å²) in [4.78, 5) is 30.5. The van der Waals surface area contributed by atoms with E-state index in [1.807, 2.05) is 18.2 Å². The summed E-state index contributed by atoms with van der Waals surface area (Å²) in [6, 6.07) is 10.5. The van der Waals surface area contributed by atoms with Crippen LogP contribution in [0.5, 0.6) is 17.2 Å². The number of rotatable bonds is 12. The fourth-order valence-corrected chi connectivity index (χ4v) is 4.17. The van der Waals surface area contributed by atoms with E-state index in [9.17, 15) is 18.4 Å². The topological polar surface area (TPSA) is 71.5 Å². The number of ether oxygens (including phenoxy) is 3. The van der Waals surface area contributed by atoms with E-state index in [-0.39, 0.29) is 31.4 Å². The molecule has 0 radical (unpaired) electrons. The van der Waals surface area contributed by atoms with Gasteiger partial charge in [-0.05, 0) is 30.2 Å². The van der Waals surface area contributed by atoms with Gasteiger partial charge in [0.2, 0.25) is 5.91 Å². The van der Waals surface area contributed by atoms with Crippen LogP contribution in [-0.2, 0) is 17.8 Å². The van der Waals surface area contributed by atoms with E-state index in [0.29, 0.717) is 42.6 Å². The Hall–Kier alpha value is -3.56. The molecule has 10 heteroatoms. The SMILES string of the molecule is CCC(F)(F)CCOc1cc(N2CCCN(Cc3ccc(CC(=O)N(C)C)cc3OC)C2=O)ccc1OC. The number of hydrogen-bond donors (Lipinski definition) is 0. The van der Waals surface area contributed by atoms with E-state index >= 15 is 0 Å². The monoisotopic (exact) mass is 533 g/mol. The molecule has 1 heterocycles. The van der Waals surface area contributed by atoms with E-state index in [0.717, 1.165) is 17.5 Å². The molecular formula is C28H37F2N3O5. The van der Waals surface area contributed by atoms with Crippen molar-refractivity contribution in [1.29, 1.82) is 0 Å². The van der Waals surface area contributed by atoms with Gasteiger partial charge in [-0.25, -0.2) is 13.6 Å². The fourth-order valence-electron chi connectivity index (χ4n) is 4.17. The van der Waals surface area contributed by atoms with Gasteiger partial charge >= 0.3 is 6.03 Å². The van der Waals surface area contributed by atoms with Gasteiger partial charge in [-0.15, -0.1) is 0 Å². The van der Waals surface area contributed by atoms with Crippen molar-refractivity contribution in [3.05, 3.63) is 47.5 Å². The van der Waals surface area contributed by atoms with Gasteiger partial charge in [0, 0.05) is 57.3 Å². The zero-order valence-corrected chi connectivity index (χ0v) is 22.8. The second-order valence-corrected chi connectivity index (χ2v) is 9.46. The maximum absolute atomic E-state index is 13.6. The second-order valence-electron chi connectivity index (χ2n) is 9.46. The normalized spacial score (nSPS) is 13.9. The minimum atomic E-state index is -2.80. The number of amides is 3. The molecule has 8 nitrogen and oxygen atoms in total. The predicted octanol–water partition coefficient (Wildman–Crippen LogP) is 4.98. The molecule has 0 aromatic heterocycles. The Morgan fingerprint density at radius 1 is 1.03 bits per heavy atom. The first-order chi connectivity index (χ1) is 18.1. The summed E-state index contributed by atoms with van der Waals surface area (Å²) in [5, 5.41) is 0. The van der Waals surface area contributed by atoms with Crippen molar-refractivity contribution >= 4 is 17.6 Å². The molecule has 1 aliphatic heterocycles. The van der Waals surface area contributed by atoms with Crippen LogP contribution in [0.4, 0.5) is 19.3 Å². The summed E-state index contributed by atoms with van der Waals surface area (Å²) in [7, 11) is 6.47. The Kier molecular flexibility index (Phi) is 9.77. The maximum Gasteiger partial charge on any atom is 0.324 e. The molecule has 0 spiro atoms. The molecule has 0 saturated carbocycles. The van der Waals surface area contributed by atoms with Gasteiger partial charge in [-0.3, -0.25) is 9.69 Å². The molecule has 208 valence electrons. The number of benzene rings is 2. The summed E-state index contributed by atoms with van der Waals surface area (Å²) in [5.74, 6) is -1.47. The van der Waals surface area contributed by atoms with Gasteiger partial charge in [-0.1, -0.05) is 19.1 Å². The van der Waals surface area contributed by atoms with Crippen molar-refractivity contribution in [1.82, 2.24) is 9.80 Å². The van der Waals surface area contributed by atoms with Gasteiger partial charge < -0.3 is 24.0 Å². The number of alkyl halides is 2. The third kappa shape index (κ3) is 7.26. The number of likely N-dealkylation sites (N-methyl/N-ethyl adjacent to an activating group) is 1. The largest absolute Gasteiger partial charge is 0.496 e. The second kappa shape index (κ2) is 12.8. The molecule has 0 aliphatic carbocycles. The zero-order valence-electron chi connectivity index (χ0n) is 22.8. The third-order valence-corrected chi connectivity index (χ3v) is 6.58. The molecule has 0 bridgehead atoms. The Morgan fingerprint density at radius 2 is 1.76 bits per heavy atom. The maximum atomic E-state index is 13.6. The Labute approximate surface area is 223 Å². The molecule has 0 atom stereocenters. The highest BCUT2D eigenvalue weighted by Gasteiger charge is 2.29. The Morgan fingerprint density at radius 3 is 2.42 bits per heavy atom. The Balaban J connectivity index is 1.74. The van der Waals surface area contributed by atoms with Gasteiger partial charge in [0.05, 0.1) is 33.8 Å². The number of anilines is 1. The van der Waals surface area contributed by atoms with Gasteiger partial charge in [0.1, 0.15) is 5.75 Å². The van der Waals surface area contributed by atoms with Crippen molar-refractivity contribution in [3.63, 3.8) is 0 Å². The number of urea groups is 1. The van der Waals surface area contributed by atoms with Crippen molar-refractivity contribution in [2.45, 2.75) is 45.1 Å². The van der Waals surface area contributed by atoms with Crippen LogP contribution in [0, 0.1) is 0 Å². The molecule has 2 aromatic carbocycles. The molecule has 2 aromatic rings. The van der Waals surface area contributed by atoms with Crippen LogP contribution in [-0.4, -0.2) is 75.7 Å². The van der Waals surface area contributed by atoms with Crippen LogP contribution in [0.1, 0.15) is 37.3 Å². The minimum Gasteiger partial charge on any atom is -0.496 e. The van der Waals surface area contributed by atoms with Crippen LogP contribution in [0.2, 0.25) is 0 Å². The van der Waals surface area contributed by atoms with Crippen molar-refractivity contribution in [3.8, 4) is 17.2 Å². The number of methoxy groups -OCH3 is 2. The Bertz CT molecular complexity index is 1130. The molecule has 0 N–H and O–H groups in total. The van der Waals surface area contributed by atoms with Crippen molar-refractivity contribution in [2.75, 3.05) is 52.9 Å². The van der Waals surface area contributed by atoms with Crippen molar-refractivity contribution < 1.29 is 32.6 Å². The number of carbonyl (C=O) groups is 2. The summed E-state index contributed by atoms with van der Waals surface area (Å²) < 4.78 is 43.8. The average molecular weight is 534 g/mol. The van der Waals surface area contributed by atoms with E-state index in [2.05, 4.69) is 0 Å². The highest BCUT2D eigenvalue weighted by atomic mass is 19.3. The van der Waals surface area contributed by atoms with E-state index in [1.54, 1.807) is 49.2 Å². The standard InChI is InChI=1S/C28H37F2N3O5/c1-6-28(29,30)12-15-38-25-18-22(10-11-23(25)36-4)33-14-7-13-32(27(33)35)19-21-9-8-20(16-24(21)37-5)17-26(34)31(2)3/h8-11,16,18H,6-7,12-15,17,19H2,1-5H3. The highest BCUT2D eigenvalue weighted by Crippen LogP contribution is 2.34. The molecule has 3 amide bonds. The minimum absolute atomic E-state index is 0.0106. The predicted molar refractivity (Wildman–Crippen MR) is 142 cm³/mol. The molecule has 1 aliphatic rings. The number of hydrogen-bond acceptors (Lipinski definition) is 5. The summed E-state index contributed by atoms with van der Waals surface area (Å²) in [5.41, 5.74) is 2.26. The zero-order chi connectivity index (χ0) is 27.9. The van der Waals surface area contributed by atoms with E-state index < -0.39 is 12.3 Å². The quantitative estimate of drug-likeness (QED) is 0.385. The first-order valence-electron chi connectivity index (χ1n) is 12.7. The summed E-state index contributed by atoms with van der Waals surface area (Å²) in [6.07, 6.45) is 0.344.